The fraction of sp³-hybridized carbons (Fsp3) is 0.143. The minimum atomic E-state index is 0.158. The highest BCUT2D eigenvalue weighted by Gasteiger charge is 2.24. The number of likely N-dealkylation sites (N-methyl/N-ethyl adjacent to an activating group) is 1. The first kappa shape index (κ1) is 10.8. The average molecular weight is 269 g/mol. The predicted molar refractivity (Wildman–Crippen MR) is 75.6 cm³/mol. The van der Waals surface area contributed by atoms with Crippen molar-refractivity contribution in [3.8, 4) is 11.3 Å². The number of rotatable bonds is 1. The quantitative estimate of drug-likeness (QED) is 0.681. The Morgan fingerprint density at radius 2 is 2.26 bits per heavy atom. The number of amides is 1. The van der Waals surface area contributed by atoms with E-state index in [9.17, 15) is 4.79 Å². The van der Waals surface area contributed by atoms with Crippen LogP contribution in [0, 0.1) is 0 Å². The second-order valence-electron chi connectivity index (χ2n) is 4.67. The highest BCUT2D eigenvalue weighted by atomic mass is 32.1. The van der Waals surface area contributed by atoms with E-state index in [4.69, 9.17) is 0 Å². The van der Waals surface area contributed by atoms with E-state index in [0.29, 0.717) is 6.42 Å². The van der Waals surface area contributed by atoms with Crippen LogP contribution in [0.3, 0.4) is 0 Å². The van der Waals surface area contributed by atoms with Crippen molar-refractivity contribution >= 4 is 27.9 Å². The van der Waals surface area contributed by atoms with E-state index in [1.165, 1.54) is 0 Å². The Kier molecular flexibility index (Phi) is 2.08. The van der Waals surface area contributed by atoms with Gasteiger partial charge < -0.3 is 4.90 Å². The second kappa shape index (κ2) is 3.68. The predicted octanol–water partition coefficient (Wildman–Crippen LogP) is 2.58. The highest BCUT2D eigenvalue weighted by molar-refractivity contribution is 7.15. The molecule has 2 aromatic heterocycles. The van der Waals surface area contributed by atoms with E-state index in [1.54, 1.807) is 22.4 Å². The van der Waals surface area contributed by atoms with Crippen LogP contribution in [0.2, 0.25) is 0 Å². The third-order valence-electron chi connectivity index (χ3n) is 3.59. The number of benzene rings is 1. The summed E-state index contributed by atoms with van der Waals surface area (Å²) in [4.78, 5) is 18.7. The fourth-order valence-corrected chi connectivity index (χ4v) is 3.42. The molecule has 0 radical (unpaired) electrons. The van der Waals surface area contributed by atoms with E-state index >= 15 is 0 Å². The minimum Gasteiger partial charge on any atom is -0.315 e. The molecule has 4 nitrogen and oxygen atoms in total. The van der Waals surface area contributed by atoms with E-state index in [2.05, 4.69) is 26.9 Å². The summed E-state index contributed by atoms with van der Waals surface area (Å²) in [7, 11) is 1.83. The van der Waals surface area contributed by atoms with Crippen LogP contribution in [-0.4, -0.2) is 22.3 Å². The minimum absolute atomic E-state index is 0.158. The molecule has 0 saturated carbocycles. The lowest BCUT2D eigenvalue weighted by atomic mass is 10.1. The summed E-state index contributed by atoms with van der Waals surface area (Å²) in [6.45, 7) is 0. The molecular formula is C14H11N3OS. The fourth-order valence-electron chi connectivity index (χ4n) is 2.56. The number of anilines is 1. The SMILES string of the molecule is CN1C(=O)Cc2cc(-c3csc4nccn34)ccc21. The number of thiazole rings is 1. The molecule has 19 heavy (non-hydrogen) atoms. The van der Waals surface area contributed by atoms with Crippen LogP contribution in [0.5, 0.6) is 0 Å². The normalized spacial score (nSPS) is 14.4. The monoisotopic (exact) mass is 269 g/mol. The summed E-state index contributed by atoms with van der Waals surface area (Å²) in [5.74, 6) is 0.158. The molecule has 0 spiro atoms. The lowest BCUT2D eigenvalue weighted by Gasteiger charge is -2.10. The molecule has 3 aromatic rings. The van der Waals surface area contributed by atoms with Gasteiger partial charge in [-0.25, -0.2) is 4.98 Å². The molecule has 1 aliphatic rings. The van der Waals surface area contributed by atoms with Crippen LogP contribution in [0.25, 0.3) is 16.2 Å². The molecule has 0 N–H and O–H groups in total. The smallest absolute Gasteiger partial charge is 0.231 e. The van der Waals surface area contributed by atoms with Gasteiger partial charge in [-0.1, -0.05) is 6.07 Å². The Bertz CT molecular complexity index is 802. The maximum Gasteiger partial charge on any atom is 0.231 e. The van der Waals surface area contributed by atoms with Crippen molar-refractivity contribution in [1.29, 1.82) is 0 Å². The van der Waals surface area contributed by atoms with Crippen LogP contribution >= 0.6 is 11.3 Å². The summed E-state index contributed by atoms with van der Waals surface area (Å²) < 4.78 is 2.08. The molecule has 1 amide bonds. The number of hydrogen-bond acceptors (Lipinski definition) is 3. The van der Waals surface area contributed by atoms with E-state index in [-0.39, 0.29) is 5.91 Å². The molecule has 1 aromatic carbocycles. The maximum atomic E-state index is 11.7. The number of fused-ring (bicyclic) bond motifs is 2. The topological polar surface area (TPSA) is 37.6 Å². The molecule has 0 unspecified atom stereocenters. The molecule has 3 heterocycles. The highest BCUT2D eigenvalue weighted by Crippen LogP contribution is 2.33. The Labute approximate surface area is 113 Å². The van der Waals surface area contributed by atoms with Gasteiger partial charge in [-0.3, -0.25) is 9.20 Å². The Hall–Kier alpha value is -2.14. The van der Waals surface area contributed by atoms with Crippen LogP contribution in [0.4, 0.5) is 5.69 Å². The molecule has 0 bridgehead atoms. The van der Waals surface area contributed by atoms with Gasteiger partial charge in [0, 0.05) is 30.5 Å². The van der Waals surface area contributed by atoms with Gasteiger partial charge in [0.05, 0.1) is 12.1 Å². The summed E-state index contributed by atoms with van der Waals surface area (Å²) >= 11 is 1.62. The first-order chi connectivity index (χ1) is 9.24. The zero-order valence-corrected chi connectivity index (χ0v) is 11.1. The number of imidazole rings is 1. The van der Waals surface area contributed by atoms with Gasteiger partial charge in [0.25, 0.3) is 0 Å². The second-order valence-corrected chi connectivity index (χ2v) is 5.51. The summed E-state index contributed by atoms with van der Waals surface area (Å²) in [5.41, 5.74) is 4.38. The first-order valence-electron chi connectivity index (χ1n) is 6.04. The Morgan fingerprint density at radius 1 is 1.37 bits per heavy atom. The Balaban J connectivity index is 1.88. The largest absolute Gasteiger partial charge is 0.315 e. The zero-order valence-electron chi connectivity index (χ0n) is 10.3. The molecule has 0 aliphatic carbocycles. The van der Waals surface area contributed by atoms with Gasteiger partial charge in [0.15, 0.2) is 4.96 Å². The molecular weight excluding hydrogens is 258 g/mol. The van der Waals surface area contributed by atoms with Gasteiger partial charge in [-0.15, -0.1) is 11.3 Å². The number of carbonyl (C=O) groups excluding carboxylic acids is 1. The summed E-state index contributed by atoms with van der Waals surface area (Å²) in [5, 5.41) is 2.10. The van der Waals surface area contributed by atoms with Crippen molar-refractivity contribution in [2.45, 2.75) is 6.42 Å². The summed E-state index contributed by atoms with van der Waals surface area (Å²) in [6, 6.07) is 6.20. The van der Waals surface area contributed by atoms with Crippen molar-refractivity contribution in [2.75, 3.05) is 11.9 Å². The first-order valence-corrected chi connectivity index (χ1v) is 6.92. The van der Waals surface area contributed by atoms with Crippen molar-refractivity contribution < 1.29 is 4.79 Å². The average Bonchev–Trinajstić information content (AvgIpc) is 3.05. The van der Waals surface area contributed by atoms with Gasteiger partial charge in [0.2, 0.25) is 5.91 Å². The number of nitrogens with zero attached hydrogens (tertiary/aromatic N) is 3. The molecule has 94 valence electrons. The van der Waals surface area contributed by atoms with Crippen molar-refractivity contribution in [3.05, 3.63) is 41.5 Å². The Morgan fingerprint density at radius 3 is 3.16 bits per heavy atom. The van der Waals surface area contributed by atoms with Gasteiger partial charge in [0.1, 0.15) is 0 Å². The maximum absolute atomic E-state index is 11.7. The van der Waals surface area contributed by atoms with Gasteiger partial charge in [-0.2, -0.15) is 0 Å². The molecule has 4 rings (SSSR count). The van der Waals surface area contributed by atoms with Gasteiger partial charge in [-0.05, 0) is 23.3 Å². The lowest BCUT2D eigenvalue weighted by Crippen LogP contribution is -2.20. The zero-order chi connectivity index (χ0) is 13.0. The van der Waals surface area contributed by atoms with E-state index < -0.39 is 0 Å². The van der Waals surface area contributed by atoms with Crippen LogP contribution in [-0.2, 0) is 11.2 Å². The van der Waals surface area contributed by atoms with Crippen LogP contribution in [0.1, 0.15) is 5.56 Å². The third kappa shape index (κ3) is 1.45. The molecule has 0 saturated heterocycles. The molecule has 0 fully saturated rings. The van der Waals surface area contributed by atoms with Crippen LogP contribution < -0.4 is 4.90 Å². The number of carbonyl (C=O) groups is 1. The van der Waals surface area contributed by atoms with Crippen molar-refractivity contribution in [1.82, 2.24) is 9.38 Å². The number of aromatic nitrogens is 2. The van der Waals surface area contributed by atoms with E-state index in [0.717, 1.165) is 27.5 Å². The van der Waals surface area contributed by atoms with Crippen LogP contribution in [0.15, 0.2) is 36.0 Å². The van der Waals surface area contributed by atoms with Crippen molar-refractivity contribution in [3.63, 3.8) is 0 Å². The molecule has 5 heteroatoms. The van der Waals surface area contributed by atoms with Crippen molar-refractivity contribution in [2.24, 2.45) is 0 Å². The lowest BCUT2D eigenvalue weighted by molar-refractivity contribution is -0.117. The standard InChI is InChI=1S/C14H11N3OS/c1-16-11-3-2-9(6-10(11)7-13(16)18)12-8-19-14-15-4-5-17(12)14/h2-6,8H,7H2,1H3. The third-order valence-corrected chi connectivity index (χ3v) is 4.45. The van der Waals surface area contributed by atoms with Gasteiger partial charge >= 0.3 is 0 Å². The summed E-state index contributed by atoms with van der Waals surface area (Å²) in [6.07, 6.45) is 4.27. The van der Waals surface area contributed by atoms with E-state index in [1.807, 2.05) is 19.3 Å². The molecule has 0 atom stereocenters. The molecule has 1 aliphatic heterocycles. The number of hydrogen-bond donors (Lipinski definition) is 0.